The summed E-state index contributed by atoms with van der Waals surface area (Å²) in [7, 11) is 1.27. The Morgan fingerprint density at radius 3 is 2.61 bits per heavy atom. The van der Waals surface area contributed by atoms with Crippen LogP contribution in [0.25, 0.3) is 10.9 Å². The van der Waals surface area contributed by atoms with Gasteiger partial charge >= 0.3 is 12.1 Å². The molecular weight excluding hydrogens is 488 g/mol. The number of fused-ring (bicyclic) bond motifs is 5. The molecular formula is C28H38N4O6. The highest BCUT2D eigenvalue weighted by atomic mass is 16.6. The molecule has 2 atom stereocenters. The molecule has 2 aromatic rings. The number of amides is 3. The number of esters is 1. The van der Waals surface area contributed by atoms with Crippen molar-refractivity contribution in [3.63, 3.8) is 0 Å². The maximum Gasteiger partial charge on any atom is 0.407 e. The van der Waals surface area contributed by atoms with Gasteiger partial charge in [-0.05, 0) is 58.1 Å². The average molecular weight is 527 g/mol. The molecule has 2 heterocycles. The van der Waals surface area contributed by atoms with Crippen molar-refractivity contribution in [2.24, 2.45) is 0 Å². The summed E-state index contributed by atoms with van der Waals surface area (Å²) >= 11 is 0. The van der Waals surface area contributed by atoms with Crippen LogP contribution in [0, 0.1) is 0 Å². The van der Waals surface area contributed by atoms with Crippen molar-refractivity contribution in [3.05, 3.63) is 48.2 Å². The lowest BCUT2D eigenvalue weighted by molar-refractivity contribution is -0.145. The third-order valence-electron chi connectivity index (χ3n) is 6.10. The number of methoxy groups -OCH3 is 1. The Balaban J connectivity index is 1.73. The first kappa shape index (κ1) is 28.7. The number of allylic oxidation sites excluding steroid dienone is 1. The van der Waals surface area contributed by atoms with Gasteiger partial charge < -0.3 is 30.0 Å². The highest BCUT2D eigenvalue weighted by Crippen LogP contribution is 2.22. The highest BCUT2D eigenvalue weighted by molar-refractivity contribution is 5.93. The van der Waals surface area contributed by atoms with Crippen molar-refractivity contribution >= 4 is 34.8 Å². The fourth-order valence-electron chi connectivity index (χ4n) is 4.33. The summed E-state index contributed by atoms with van der Waals surface area (Å²) in [4.78, 5) is 50.4. The Hall–Kier alpha value is -3.82. The monoisotopic (exact) mass is 526 g/mol. The van der Waals surface area contributed by atoms with Gasteiger partial charge in [0.2, 0.25) is 11.8 Å². The van der Waals surface area contributed by atoms with Gasteiger partial charge in [-0.25, -0.2) is 9.59 Å². The van der Waals surface area contributed by atoms with Crippen molar-refractivity contribution in [1.29, 1.82) is 0 Å². The van der Waals surface area contributed by atoms with E-state index in [0.717, 1.165) is 16.5 Å². The van der Waals surface area contributed by atoms with E-state index in [9.17, 15) is 19.2 Å². The zero-order valence-electron chi connectivity index (χ0n) is 22.5. The minimum Gasteiger partial charge on any atom is -0.467 e. The van der Waals surface area contributed by atoms with E-state index in [1.807, 2.05) is 42.6 Å². The standard InChI is InChI=1S/C28H38N4O6/c1-28(2,3)38-27(36)29-15-9-7-12-21-25(34)31-22(26(35)37-4)13-8-10-16-32-18-19(17-24(33)30-21)20-11-5-6-14-23(20)32/h5-6,8,10-11,14,18,21-22H,7,9,12-13,15-17H2,1-4H3,(H,29,36)(H,30,33)(H,31,34)/b10-8+/t21-,22-/m1/s1. The molecule has 3 rings (SSSR count). The normalized spacial score (nSPS) is 19.6. The fraction of sp³-hybridized carbons (Fsp3) is 0.500. The molecule has 1 aliphatic heterocycles. The van der Waals surface area contributed by atoms with E-state index in [4.69, 9.17) is 9.47 Å². The lowest BCUT2D eigenvalue weighted by Crippen LogP contribution is -2.52. The van der Waals surface area contributed by atoms with E-state index in [2.05, 4.69) is 20.5 Å². The molecule has 0 saturated carbocycles. The second kappa shape index (κ2) is 13.1. The molecule has 3 N–H and O–H groups in total. The van der Waals surface area contributed by atoms with Crippen LogP contribution in [0.2, 0.25) is 0 Å². The van der Waals surface area contributed by atoms with Crippen LogP contribution in [0.4, 0.5) is 4.79 Å². The summed E-state index contributed by atoms with van der Waals surface area (Å²) in [5.41, 5.74) is 1.29. The van der Waals surface area contributed by atoms with Crippen LogP contribution in [-0.2, 0) is 36.8 Å². The van der Waals surface area contributed by atoms with Gasteiger partial charge in [-0.15, -0.1) is 0 Å². The predicted molar refractivity (Wildman–Crippen MR) is 143 cm³/mol. The molecule has 0 spiro atoms. The summed E-state index contributed by atoms with van der Waals surface area (Å²) in [5.74, 6) is -1.31. The number of alkyl carbamates (subject to hydrolysis) is 1. The Labute approximate surface area is 223 Å². The molecule has 1 aromatic carbocycles. The van der Waals surface area contributed by atoms with Gasteiger partial charge in [0.25, 0.3) is 0 Å². The molecule has 3 amide bonds. The van der Waals surface area contributed by atoms with Gasteiger partial charge in [0.1, 0.15) is 17.7 Å². The summed E-state index contributed by atoms with van der Waals surface area (Å²) in [6, 6.07) is 6.13. The van der Waals surface area contributed by atoms with E-state index < -0.39 is 35.7 Å². The first-order valence-corrected chi connectivity index (χ1v) is 12.9. The number of hydrogen-bond donors (Lipinski definition) is 3. The van der Waals surface area contributed by atoms with Gasteiger partial charge in [0, 0.05) is 30.2 Å². The molecule has 1 aromatic heterocycles. The van der Waals surface area contributed by atoms with Crippen LogP contribution in [0.5, 0.6) is 0 Å². The van der Waals surface area contributed by atoms with Crippen molar-refractivity contribution in [2.45, 2.75) is 77.1 Å². The number of benzene rings is 1. The number of nitrogens with one attached hydrogen (secondary N) is 3. The molecule has 0 radical (unpaired) electrons. The van der Waals surface area contributed by atoms with E-state index in [0.29, 0.717) is 32.4 Å². The maximum atomic E-state index is 13.2. The lowest BCUT2D eigenvalue weighted by Gasteiger charge is -2.22. The van der Waals surface area contributed by atoms with Gasteiger partial charge in [-0.3, -0.25) is 9.59 Å². The second-order valence-corrected chi connectivity index (χ2v) is 10.3. The van der Waals surface area contributed by atoms with Crippen molar-refractivity contribution in [2.75, 3.05) is 13.7 Å². The molecule has 10 nitrogen and oxygen atoms in total. The van der Waals surface area contributed by atoms with E-state index in [1.165, 1.54) is 7.11 Å². The van der Waals surface area contributed by atoms with E-state index in [1.54, 1.807) is 20.8 Å². The number of unbranched alkanes of at least 4 members (excludes halogenated alkanes) is 1. The van der Waals surface area contributed by atoms with Gasteiger partial charge in [0.15, 0.2) is 0 Å². The van der Waals surface area contributed by atoms with E-state index >= 15 is 0 Å². The van der Waals surface area contributed by atoms with Crippen LogP contribution < -0.4 is 16.0 Å². The summed E-state index contributed by atoms with van der Waals surface area (Å²) in [5, 5.41) is 9.26. The average Bonchev–Trinajstić information content (AvgIpc) is 3.19. The molecule has 0 aliphatic carbocycles. The van der Waals surface area contributed by atoms with Crippen LogP contribution in [0.3, 0.4) is 0 Å². The van der Waals surface area contributed by atoms with E-state index in [-0.39, 0.29) is 18.7 Å². The number of carbonyl (C=O) groups excluding carboxylic acids is 4. The predicted octanol–water partition coefficient (Wildman–Crippen LogP) is 2.98. The quantitative estimate of drug-likeness (QED) is 0.302. The summed E-state index contributed by atoms with van der Waals surface area (Å²) in [6.45, 7) is 6.29. The Bertz CT molecular complexity index is 1180. The summed E-state index contributed by atoms with van der Waals surface area (Å²) in [6.07, 6.45) is 7.05. The SMILES string of the molecule is COC(=O)[C@H]1C/C=C/Cn2cc(c3ccccc32)CC(=O)N[C@H](CCCCNC(=O)OC(C)(C)C)C(=O)N1. The molecule has 1 aliphatic rings. The minimum atomic E-state index is -0.878. The highest BCUT2D eigenvalue weighted by Gasteiger charge is 2.27. The zero-order chi connectivity index (χ0) is 27.7. The van der Waals surface area contributed by atoms with Crippen LogP contribution in [0.1, 0.15) is 52.0 Å². The summed E-state index contributed by atoms with van der Waals surface area (Å²) < 4.78 is 12.2. The van der Waals surface area contributed by atoms with Crippen molar-refractivity contribution < 1.29 is 28.7 Å². The molecule has 0 fully saturated rings. The first-order valence-electron chi connectivity index (χ1n) is 12.9. The number of hydrogen-bond acceptors (Lipinski definition) is 6. The fourth-order valence-corrected chi connectivity index (χ4v) is 4.33. The van der Waals surface area contributed by atoms with Crippen LogP contribution >= 0.6 is 0 Å². The van der Waals surface area contributed by atoms with Crippen LogP contribution in [0.15, 0.2) is 42.6 Å². The zero-order valence-corrected chi connectivity index (χ0v) is 22.5. The number of para-hydroxylation sites is 1. The van der Waals surface area contributed by atoms with Crippen molar-refractivity contribution in [3.8, 4) is 0 Å². The third-order valence-corrected chi connectivity index (χ3v) is 6.10. The molecule has 206 valence electrons. The topological polar surface area (TPSA) is 128 Å². The maximum absolute atomic E-state index is 13.2. The third kappa shape index (κ3) is 8.36. The minimum absolute atomic E-state index is 0.113. The van der Waals surface area contributed by atoms with Crippen LogP contribution in [-0.4, -0.2) is 59.8 Å². The molecule has 0 saturated heterocycles. The molecule has 2 bridgehead atoms. The molecule has 0 unspecified atom stereocenters. The Kier molecular flexibility index (Phi) is 9.92. The Morgan fingerprint density at radius 1 is 1.11 bits per heavy atom. The smallest absolute Gasteiger partial charge is 0.407 e. The van der Waals surface area contributed by atoms with Gasteiger partial charge in [0.05, 0.1) is 13.5 Å². The number of carbonyl (C=O) groups is 4. The number of ether oxygens (including phenoxy) is 2. The number of aromatic nitrogens is 1. The number of rotatable bonds is 6. The largest absolute Gasteiger partial charge is 0.467 e. The lowest BCUT2D eigenvalue weighted by atomic mass is 10.1. The molecule has 38 heavy (non-hydrogen) atoms. The van der Waals surface area contributed by atoms with Crippen molar-refractivity contribution in [1.82, 2.24) is 20.5 Å². The molecule has 10 heteroatoms. The second-order valence-electron chi connectivity index (χ2n) is 10.3. The van der Waals surface area contributed by atoms with Gasteiger partial charge in [-0.1, -0.05) is 30.4 Å². The first-order chi connectivity index (χ1) is 18.1. The number of nitrogens with zero attached hydrogens (tertiary/aromatic N) is 1. The van der Waals surface area contributed by atoms with Gasteiger partial charge in [-0.2, -0.15) is 0 Å². The Morgan fingerprint density at radius 2 is 1.87 bits per heavy atom.